The topological polar surface area (TPSA) is 44.8 Å². The number of benzene rings is 2. The highest BCUT2D eigenvalue weighted by Gasteiger charge is 2.21. The number of ether oxygens (including phenoxy) is 1. The zero-order valence-electron chi connectivity index (χ0n) is 17.0. The van der Waals surface area contributed by atoms with Crippen molar-refractivity contribution >= 4 is 23.2 Å². The number of carbonyl (C=O) groups excluding carboxylic acids is 1. The van der Waals surface area contributed by atoms with Gasteiger partial charge in [0.1, 0.15) is 5.75 Å². The second kappa shape index (κ2) is 8.84. The molecule has 1 aliphatic heterocycles. The summed E-state index contributed by atoms with van der Waals surface area (Å²) >= 11 is 6.06. The highest BCUT2D eigenvalue weighted by molar-refractivity contribution is 6.31. The van der Waals surface area contributed by atoms with E-state index in [1.54, 1.807) is 25.3 Å². The summed E-state index contributed by atoms with van der Waals surface area (Å²) in [6.07, 6.45) is 2.27. The van der Waals surface area contributed by atoms with E-state index in [2.05, 4.69) is 40.4 Å². The number of carbonyl (C=O) groups is 1. The molecule has 0 unspecified atom stereocenters. The molecule has 1 aliphatic rings. The van der Waals surface area contributed by atoms with Crippen LogP contribution in [-0.2, 0) is 6.42 Å². The van der Waals surface area contributed by atoms with Crippen LogP contribution in [0.1, 0.15) is 33.9 Å². The van der Waals surface area contributed by atoms with E-state index < -0.39 is 0 Å². The minimum Gasteiger partial charge on any atom is -0.496 e. The van der Waals surface area contributed by atoms with Crippen molar-refractivity contribution < 1.29 is 9.53 Å². The zero-order valence-corrected chi connectivity index (χ0v) is 17.7. The number of hydrogen-bond acceptors (Lipinski definition) is 4. The average Bonchev–Trinajstić information content (AvgIpc) is 2.67. The predicted molar refractivity (Wildman–Crippen MR) is 115 cm³/mol. The van der Waals surface area contributed by atoms with Crippen molar-refractivity contribution in [1.82, 2.24) is 10.2 Å². The molecule has 0 radical (unpaired) electrons. The van der Waals surface area contributed by atoms with Gasteiger partial charge in [0.25, 0.3) is 5.91 Å². The lowest BCUT2D eigenvalue weighted by atomic mass is 9.96. The SMILES string of the molecule is COc1ccc(Cl)cc1C(=O)NC[C@H](c1ccc2c(c1)CCCN2C)N(C)C. The predicted octanol–water partition coefficient (Wildman–Crippen LogP) is 3.76. The molecule has 2 aromatic carbocycles. The minimum atomic E-state index is -0.191. The van der Waals surface area contributed by atoms with Gasteiger partial charge < -0.3 is 19.9 Å². The Morgan fingerprint density at radius 3 is 2.79 bits per heavy atom. The van der Waals surface area contributed by atoms with Crippen molar-refractivity contribution in [2.24, 2.45) is 0 Å². The summed E-state index contributed by atoms with van der Waals surface area (Å²) in [5.41, 5.74) is 4.33. The Morgan fingerprint density at radius 1 is 1.29 bits per heavy atom. The van der Waals surface area contributed by atoms with Crippen molar-refractivity contribution in [1.29, 1.82) is 0 Å². The zero-order chi connectivity index (χ0) is 20.3. The number of rotatable bonds is 6. The Balaban J connectivity index is 1.77. The molecule has 0 aromatic heterocycles. The maximum Gasteiger partial charge on any atom is 0.255 e. The molecule has 28 heavy (non-hydrogen) atoms. The molecular weight excluding hydrogens is 374 g/mol. The summed E-state index contributed by atoms with van der Waals surface area (Å²) in [6.45, 7) is 1.59. The molecule has 0 aliphatic carbocycles. The molecule has 6 heteroatoms. The molecule has 150 valence electrons. The van der Waals surface area contributed by atoms with Crippen molar-refractivity contribution in [2.75, 3.05) is 46.2 Å². The number of halogens is 1. The van der Waals surface area contributed by atoms with E-state index in [1.165, 1.54) is 23.2 Å². The van der Waals surface area contributed by atoms with Gasteiger partial charge in [0, 0.05) is 30.8 Å². The summed E-state index contributed by atoms with van der Waals surface area (Å²) < 4.78 is 5.30. The number of amides is 1. The second-order valence-electron chi connectivity index (χ2n) is 7.45. The van der Waals surface area contributed by atoms with Gasteiger partial charge in [-0.15, -0.1) is 0 Å². The van der Waals surface area contributed by atoms with E-state index in [9.17, 15) is 4.79 Å². The lowest BCUT2D eigenvalue weighted by molar-refractivity contribution is 0.0939. The number of anilines is 1. The molecule has 1 amide bonds. The lowest BCUT2D eigenvalue weighted by Crippen LogP contribution is -2.35. The highest BCUT2D eigenvalue weighted by Crippen LogP contribution is 2.30. The first-order valence-electron chi connectivity index (χ1n) is 9.53. The van der Waals surface area contributed by atoms with Crippen molar-refractivity contribution in [3.8, 4) is 5.75 Å². The molecule has 0 saturated carbocycles. The Morgan fingerprint density at radius 2 is 2.07 bits per heavy atom. The second-order valence-corrected chi connectivity index (χ2v) is 7.88. The fraction of sp³-hybridized carbons (Fsp3) is 0.409. The Kier molecular flexibility index (Phi) is 6.47. The Bertz CT molecular complexity index is 854. The molecule has 5 nitrogen and oxygen atoms in total. The largest absolute Gasteiger partial charge is 0.496 e. The third-order valence-electron chi connectivity index (χ3n) is 5.32. The third-order valence-corrected chi connectivity index (χ3v) is 5.56. The molecular formula is C22H28ClN3O2. The molecule has 0 saturated heterocycles. The third kappa shape index (κ3) is 4.42. The van der Waals surface area contributed by atoms with Gasteiger partial charge in [0.05, 0.1) is 18.7 Å². The van der Waals surface area contributed by atoms with Crippen LogP contribution in [0.25, 0.3) is 0 Å². The summed E-state index contributed by atoms with van der Waals surface area (Å²) in [6, 6.07) is 11.8. The van der Waals surface area contributed by atoms with Gasteiger partial charge in [-0.3, -0.25) is 4.79 Å². The summed E-state index contributed by atoms with van der Waals surface area (Å²) in [7, 11) is 7.75. The lowest BCUT2D eigenvalue weighted by Gasteiger charge is -2.30. The monoisotopic (exact) mass is 401 g/mol. The molecule has 1 atom stereocenters. The Labute approximate surface area is 172 Å². The number of hydrogen-bond donors (Lipinski definition) is 1. The van der Waals surface area contributed by atoms with Crippen molar-refractivity contribution in [2.45, 2.75) is 18.9 Å². The molecule has 0 fully saturated rings. The fourth-order valence-corrected chi connectivity index (χ4v) is 3.93. The normalized spacial score (nSPS) is 14.6. The minimum absolute atomic E-state index is 0.0756. The molecule has 0 spiro atoms. The Hall–Kier alpha value is -2.24. The van der Waals surface area contributed by atoms with Crippen LogP contribution in [0.2, 0.25) is 5.02 Å². The number of likely N-dealkylation sites (N-methyl/N-ethyl adjacent to an activating group) is 1. The average molecular weight is 402 g/mol. The summed E-state index contributed by atoms with van der Waals surface area (Å²) in [5, 5.41) is 3.55. The quantitative estimate of drug-likeness (QED) is 0.800. The van der Waals surface area contributed by atoms with Crippen LogP contribution in [0.15, 0.2) is 36.4 Å². The van der Waals surface area contributed by atoms with E-state index in [0.29, 0.717) is 22.9 Å². The van der Waals surface area contributed by atoms with Crippen LogP contribution < -0.4 is 15.0 Å². The van der Waals surface area contributed by atoms with Crippen LogP contribution in [0.5, 0.6) is 5.75 Å². The van der Waals surface area contributed by atoms with Gasteiger partial charge in [0.2, 0.25) is 0 Å². The molecule has 2 aromatic rings. The number of nitrogens with one attached hydrogen (secondary N) is 1. The number of fused-ring (bicyclic) bond motifs is 1. The maximum atomic E-state index is 12.7. The standard InChI is InChI=1S/C22H28ClN3O2/c1-25(2)20(16-7-9-19-15(12-16)6-5-11-26(19)3)14-24-22(27)18-13-17(23)8-10-21(18)28-4/h7-10,12-13,20H,5-6,11,14H2,1-4H3,(H,24,27)/t20-/m1/s1. The first kappa shape index (κ1) is 20.5. The van der Waals surface area contributed by atoms with Crippen molar-refractivity contribution in [3.05, 3.63) is 58.1 Å². The van der Waals surface area contributed by atoms with Gasteiger partial charge >= 0.3 is 0 Å². The maximum absolute atomic E-state index is 12.7. The number of nitrogens with zero attached hydrogens (tertiary/aromatic N) is 2. The number of methoxy groups -OCH3 is 1. The van der Waals surface area contributed by atoms with Crippen molar-refractivity contribution in [3.63, 3.8) is 0 Å². The fourth-order valence-electron chi connectivity index (χ4n) is 3.75. The van der Waals surface area contributed by atoms with E-state index in [1.807, 2.05) is 14.1 Å². The van der Waals surface area contributed by atoms with Crippen LogP contribution in [0.3, 0.4) is 0 Å². The van der Waals surface area contributed by atoms with E-state index in [0.717, 1.165) is 13.0 Å². The van der Waals surface area contributed by atoms with Crippen LogP contribution >= 0.6 is 11.6 Å². The van der Waals surface area contributed by atoms with Gasteiger partial charge in [-0.2, -0.15) is 0 Å². The van der Waals surface area contributed by atoms with Gasteiger partial charge in [-0.05, 0) is 62.3 Å². The number of aryl methyl sites for hydroxylation is 1. The smallest absolute Gasteiger partial charge is 0.255 e. The van der Waals surface area contributed by atoms with Gasteiger partial charge in [-0.25, -0.2) is 0 Å². The molecule has 1 heterocycles. The molecule has 1 N–H and O–H groups in total. The molecule has 0 bridgehead atoms. The highest BCUT2D eigenvalue weighted by atomic mass is 35.5. The first-order valence-corrected chi connectivity index (χ1v) is 9.90. The van der Waals surface area contributed by atoms with E-state index in [4.69, 9.17) is 16.3 Å². The van der Waals surface area contributed by atoms with Crippen LogP contribution in [0, 0.1) is 0 Å². The first-order chi connectivity index (χ1) is 13.4. The van der Waals surface area contributed by atoms with E-state index >= 15 is 0 Å². The van der Waals surface area contributed by atoms with Gasteiger partial charge in [-0.1, -0.05) is 23.7 Å². The van der Waals surface area contributed by atoms with E-state index in [-0.39, 0.29) is 11.9 Å². The summed E-state index contributed by atoms with van der Waals surface area (Å²) in [4.78, 5) is 17.2. The van der Waals surface area contributed by atoms with Crippen LogP contribution in [0.4, 0.5) is 5.69 Å². The molecule has 3 rings (SSSR count). The van der Waals surface area contributed by atoms with Crippen LogP contribution in [-0.4, -0.2) is 52.1 Å². The van der Waals surface area contributed by atoms with Gasteiger partial charge in [0.15, 0.2) is 0 Å². The summed E-state index contributed by atoms with van der Waals surface area (Å²) in [5.74, 6) is 0.323.